The van der Waals surface area contributed by atoms with Crippen LogP contribution in [0, 0.1) is 27.7 Å². The Hall–Kier alpha value is -2.06. The summed E-state index contributed by atoms with van der Waals surface area (Å²) in [7, 11) is 0. The van der Waals surface area contributed by atoms with Gasteiger partial charge in [-0.2, -0.15) is 0 Å². The summed E-state index contributed by atoms with van der Waals surface area (Å²) in [6, 6.07) is 12.4. The van der Waals surface area contributed by atoms with Crippen molar-refractivity contribution in [2.45, 2.75) is 33.7 Å². The van der Waals surface area contributed by atoms with Crippen LogP contribution in [0.15, 0.2) is 40.8 Å². The maximum absolute atomic E-state index is 6.44. The summed E-state index contributed by atoms with van der Waals surface area (Å²) in [5, 5.41) is 1.15. The highest BCUT2D eigenvalue weighted by Gasteiger charge is 2.19. The van der Waals surface area contributed by atoms with Crippen molar-refractivity contribution >= 4 is 11.0 Å². The van der Waals surface area contributed by atoms with Gasteiger partial charge in [-0.3, -0.25) is 0 Å². The Morgan fingerprint density at radius 2 is 1.67 bits per heavy atom. The molecule has 0 spiro atoms. The topological polar surface area (TPSA) is 39.2 Å². The van der Waals surface area contributed by atoms with Crippen molar-refractivity contribution in [3.63, 3.8) is 0 Å². The van der Waals surface area contributed by atoms with Gasteiger partial charge in [0.2, 0.25) is 0 Å². The van der Waals surface area contributed by atoms with Crippen LogP contribution in [0.2, 0.25) is 0 Å². The van der Waals surface area contributed by atoms with E-state index in [4.69, 9.17) is 10.2 Å². The SMILES string of the molecule is Cc1ccc2c(C)c(C(N)c3ccc(C)c(C)c3)oc2c1. The van der Waals surface area contributed by atoms with E-state index in [-0.39, 0.29) is 6.04 Å². The van der Waals surface area contributed by atoms with Crippen LogP contribution >= 0.6 is 0 Å². The molecule has 0 aliphatic carbocycles. The van der Waals surface area contributed by atoms with Crippen molar-refractivity contribution in [2.24, 2.45) is 5.73 Å². The number of nitrogens with two attached hydrogens (primary N) is 1. The molecule has 1 heterocycles. The minimum atomic E-state index is -0.225. The Kier molecular flexibility index (Phi) is 3.34. The summed E-state index contributed by atoms with van der Waals surface area (Å²) >= 11 is 0. The van der Waals surface area contributed by atoms with Gasteiger partial charge in [-0.25, -0.2) is 0 Å². The van der Waals surface area contributed by atoms with E-state index < -0.39 is 0 Å². The molecule has 21 heavy (non-hydrogen) atoms. The van der Waals surface area contributed by atoms with Gasteiger partial charge >= 0.3 is 0 Å². The van der Waals surface area contributed by atoms with Crippen LogP contribution in [0.1, 0.15) is 39.6 Å². The first-order valence-electron chi connectivity index (χ1n) is 7.29. The van der Waals surface area contributed by atoms with Crippen LogP contribution in [0.25, 0.3) is 11.0 Å². The molecule has 2 N–H and O–H groups in total. The number of rotatable bonds is 2. The molecule has 2 nitrogen and oxygen atoms in total. The van der Waals surface area contributed by atoms with Crippen LogP contribution in [-0.4, -0.2) is 0 Å². The van der Waals surface area contributed by atoms with Crippen molar-refractivity contribution < 1.29 is 4.42 Å². The smallest absolute Gasteiger partial charge is 0.134 e. The number of aryl methyl sites for hydroxylation is 4. The second kappa shape index (κ2) is 5.05. The number of furan rings is 1. The van der Waals surface area contributed by atoms with E-state index >= 15 is 0 Å². The molecule has 108 valence electrons. The van der Waals surface area contributed by atoms with Gasteiger partial charge in [-0.1, -0.05) is 30.3 Å². The maximum Gasteiger partial charge on any atom is 0.134 e. The Balaban J connectivity index is 2.10. The first-order chi connectivity index (χ1) is 9.97. The highest BCUT2D eigenvalue weighted by Crippen LogP contribution is 2.32. The fourth-order valence-corrected chi connectivity index (χ4v) is 2.76. The molecule has 1 aromatic heterocycles. The Bertz CT molecular complexity index is 814. The molecule has 0 fully saturated rings. The highest BCUT2D eigenvalue weighted by atomic mass is 16.3. The van der Waals surface area contributed by atoms with E-state index in [1.54, 1.807) is 0 Å². The summed E-state index contributed by atoms with van der Waals surface area (Å²) in [6.45, 7) is 8.37. The van der Waals surface area contributed by atoms with Gasteiger partial charge in [-0.15, -0.1) is 0 Å². The van der Waals surface area contributed by atoms with E-state index in [0.717, 1.165) is 27.9 Å². The summed E-state index contributed by atoms with van der Waals surface area (Å²) < 4.78 is 6.04. The van der Waals surface area contributed by atoms with Crippen molar-refractivity contribution in [3.8, 4) is 0 Å². The first kappa shape index (κ1) is 13.9. The van der Waals surface area contributed by atoms with E-state index in [0.29, 0.717) is 0 Å². The lowest BCUT2D eigenvalue weighted by Gasteiger charge is -2.12. The summed E-state index contributed by atoms with van der Waals surface area (Å²) in [5.74, 6) is 0.860. The average Bonchev–Trinajstić information content (AvgIpc) is 2.77. The quantitative estimate of drug-likeness (QED) is 0.737. The van der Waals surface area contributed by atoms with Gasteiger partial charge in [0.15, 0.2) is 0 Å². The van der Waals surface area contributed by atoms with Crippen LogP contribution < -0.4 is 5.73 Å². The zero-order chi connectivity index (χ0) is 15.1. The molecule has 0 amide bonds. The van der Waals surface area contributed by atoms with E-state index in [1.807, 2.05) is 0 Å². The number of hydrogen-bond acceptors (Lipinski definition) is 2. The summed E-state index contributed by atoms with van der Waals surface area (Å²) in [6.07, 6.45) is 0. The molecule has 0 saturated carbocycles. The minimum Gasteiger partial charge on any atom is -0.459 e. The molecule has 0 aliphatic heterocycles. The Labute approximate surface area is 125 Å². The number of fused-ring (bicyclic) bond motifs is 1. The molecule has 0 radical (unpaired) electrons. The van der Waals surface area contributed by atoms with Gasteiger partial charge in [0, 0.05) is 10.9 Å². The third-order valence-electron chi connectivity index (χ3n) is 4.30. The molecule has 0 saturated heterocycles. The van der Waals surface area contributed by atoms with E-state index in [1.165, 1.54) is 16.7 Å². The third-order valence-corrected chi connectivity index (χ3v) is 4.30. The lowest BCUT2D eigenvalue weighted by Crippen LogP contribution is -2.12. The van der Waals surface area contributed by atoms with Crippen LogP contribution in [0.4, 0.5) is 0 Å². The van der Waals surface area contributed by atoms with Crippen LogP contribution in [-0.2, 0) is 0 Å². The second-order valence-corrected chi connectivity index (χ2v) is 5.91. The van der Waals surface area contributed by atoms with Crippen molar-refractivity contribution in [1.29, 1.82) is 0 Å². The van der Waals surface area contributed by atoms with Gasteiger partial charge < -0.3 is 10.2 Å². The van der Waals surface area contributed by atoms with Crippen molar-refractivity contribution in [3.05, 3.63) is 70.0 Å². The standard InChI is InChI=1S/C19H21NO/c1-11-5-8-16-14(4)19(21-17(16)9-11)18(20)15-7-6-12(2)13(3)10-15/h5-10,18H,20H2,1-4H3. The minimum absolute atomic E-state index is 0.225. The molecule has 0 aliphatic rings. The Morgan fingerprint density at radius 3 is 2.38 bits per heavy atom. The maximum atomic E-state index is 6.44. The van der Waals surface area contributed by atoms with Crippen molar-refractivity contribution in [2.75, 3.05) is 0 Å². The van der Waals surface area contributed by atoms with Gasteiger partial charge in [-0.05, 0) is 56.0 Å². The lowest BCUT2D eigenvalue weighted by atomic mass is 9.98. The molecule has 1 unspecified atom stereocenters. The average molecular weight is 279 g/mol. The molecule has 2 aromatic carbocycles. The zero-order valence-corrected chi connectivity index (χ0v) is 13.0. The Morgan fingerprint density at radius 1 is 0.905 bits per heavy atom. The number of benzene rings is 2. The monoisotopic (exact) mass is 279 g/mol. The molecule has 1 atom stereocenters. The fourth-order valence-electron chi connectivity index (χ4n) is 2.76. The van der Waals surface area contributed by atoms with Crippen LogP contribution in [0.3, 0.4) is 0 Å². The van der Waals surface area contributed by atoms with Crippen LogP contribution in [0.5, 0.6) is 0 Å². The molecular weight excluding hydrogens is 258 g/mol. The van der Waals surface area contributed by atoms with Gasteiger partial charge in [0.25, 0.3) is 0 Å². The summed E-state index contributed by atoms with van der Waals surface area (Å²) in [4.78, 5) is 0. The fraction of sp³-hybridized carbons (Fsp3) is 0.263. The first-order valence-corrected chi connectivity index (χ1v) is 7.29. The largest absolute Gasteiger partial charge is 0.459 e. The predicted molar refractivity (Wildman–Crippen MR) is 87.6 cm³/mol. The van der Waals surface area contributed by atoms with E-state index in [9.17, 15) is 0 Å². The molecule has 3 rings (SSSR count). The molecule has 0 bridgehead atoms. The van der Waals surface area contributed by atoms with Crippen molar-refractivity contribution in [1.82, 2.24) is 0 Å². The second-order valence-electron chi connectivity index (χ2n) is 5.91. The summed E-state index contributed by atoms with van der Waals surface area (Å²) in [5.41, 5.74) is 13.3. The highest BCUT2D eigenvalue weighted by molar-refractivity contribution is 5.83. The molecule has 3 aromatic rings. The van der Waals surface area contributed by atoms with E-state index in [2.05, 4.69) is 64.1 Å². The normalized spacial score (nSPS) is 12.8. The third kappa shape index (κ3) is 2.36. The predicted octanol–water partition coefficient (Wildman–Crippen LogP) is 4.71. The van der Waals surface area contributed by atoms with Gasteiger partial charge in [0.1, 0.15) is 11.3 Å². The number of hydrogen-bond donors (Lipinski definition) is 1. The molecular formula is C19H21NO. The molecule has 2 heteroatoms. The van der Waals surface area contributed by atoms with Gasteiger partial charge in [0.05, 0.1) is 6.04 Å². The zero-order valence-electron chi connectivity index (χ0n) is 13.0. The lowest BCUT2D eigenvalue weighted by molar-refractivity contribution is 0.521.